The third kappa shape index (κ3) is 3.04. The number of phenolic OH excluding ortho intramolecular Hbond substituents is 1. The summed E-state index contributed by atoms with van der Waals surface area (Å²) in [5.41, 5.74) is 3.79. The van der Waals surface area contributed by atoms with Crippen molar-refractivity contribution in [2.45, 2.75) is 31.4 Å². The molecule has 0 radical (unpaired) electrons. The Balaban J connectivity index is 1.87. The summed E-state index contributed by atoms with van der Waals surface area (Å²) >= 11 is 0. The number of fused-ring (bicyclic) bond motifs is 3. The van der Waals surface area contributed by atoms with Crippen LogP contribution in [0.4, 0.5) is 5.69 Å². The molecule has 176 valence electrons. The van der Waals surface area contributed by atoms with Gasteiger partial charge in [0.05, 0.1) is 17.5 Å². The minimum atomic E-state index is -2.70. The average molecular weight is 457 g/mol. The molecule has 0 heterocycles. The maximum atomic E-state index is 13.6. The first-order valence-electron chi connectivity index (χ1n) is 10.9. The number of rotatable bonds is 4. The number of aliphatic hydroxyl groups is 1. The lowest BCUT2D eigenvalue weighted by Gasteiger charge is -2.52. The highest BCUT2D eigenvalue weighted by Gasteiger charge is 2.69. The molecule has 0 aliphatic heterocycles. The van der Waals surface area contributed by atoms with Crippen LogP contribution in [0, 0.1) is 23.7 Å². The fourth-order valence-corrected chi connectivity index (χ4v) is 5.96. The normalized spacial score (nSPS) is 33.4. The predicted molar refractivity (Wildman–Crippen MR) is 116 cm³/mol. The molecule has 2 fully saturated rings. The zero-order valence-electron chi connectivity index (χ0n) is 18.6. The largest absolute Gasteiger partial charge is 0.507 e. The molecule has 0 bridgehead atoms. The summed E-state index contributed by atoms with van der Waals surface area (Å²) in [6, 6.07) is 1.90. The van der Waals surface area contributed by atoms with Crippen molar-refractivity contribution >= 4 is 34.7 Å². The number of hydrogen-bond donors (Lipinski definition) is 4. The topological polar surface area (TPSA) is 167 Å². The number of primary amides is 1. The second-order valence-corrected chi connectivity index (χ2v) is 9.31. The minimum Gasteiger partial charge on any atom is -0.507 e. The Labute approximate surface area is 190 Å². The van der Waals surface area contributed by atoms with Crippen molar-refractivity contribution in [2.24, 2.45) is 29.4 Å². The van der Waals surface area contributed by atoms with E-state index in [4.69, 9.17) is 5.73 Å². The van der Waals surface area contributed by atoms with Gasteiger partial charge in [0.25, 0.3) is 0 Å². The summed E-state index contributed by atoms with van der Waals surface area (Å²) < 4.78 is 0. The quantitative estimate of drug-likeness (QED) is 0.337. The van der Waals surface area contributed by atoms with E-state index in [1.165, 1.54) is 11.0 Å². The van der Waals surface area contributed by atoms with Crippen LogP contribution in [0.25, 0.3) is 0 Å². The maximum absolute atomic E-state index is 13.6. The molecule has 4 rings (SSSR count). The van der Waals surface area contributed by atoms with Crippen LogP contribution in [-0.2, 0) is 25.6 Å². The first-order chi connectivity index (χ1) is 15.5. The van der Waals surface area contributed by atoms with Crippen molar-refractivity contribution in [1.82, 2.24) is 4.90 Å². The molecule has 6 atom stereocenters. The molecule has 0 aromatic heterocycles. The summed E-state index contributed by atoms with van der Waals surface area (Å²) in [6.45, 7) is 2.45. The van der Waals surface area contributed by atoms with Crippen molar-refractivity contribution in [3.8, 4) is 5.75 Å². The number of nitrogens with zero attached hydrogens (tertiary/aromatic N) is 1. The van der Waals surface area contributed by atoms with Crippen molar-refractivity contribution in [3.63, 3.8) is 0 Å². The maximum Gasteiger partial charge on any atom is 0.235 e. The van der Waals surface area contributed by atoms with Crippen molar-refractivity contribution in [2.75, 3.05) is 26.0 Å². The van der Waals surface area contributed by atoms with E-state index in [-0.39, 0.29) is 24.2 Å². The van der Waals surface area contributed by atoms with E-state index in [0.29, 0.717) is 17.8 Å². The number of phenols is 1. The number of likely N-dealkylation sites (N-methyl/N-ethyl adjacent to an activating group) is 1. The van der Waals surface area contributed by atoms with Crippen LogP contribution in [0.1, 0.15) is 29.3 Å². The predicted octanol–water partition coefficient (Wildman–Crippen LogP) is -0.701. The lowest BCUT2D eigenvalue weighted by Crippen LogP contribution is -2.74. The average Bonchev–Trinajstić information content (AvgIpc) is 2.72. The Morgan fingerprint density at radius 1 is 1.21 bits per heavy atom. The van der Waals surface area contributed by atoms with Crippen LogP contribution < -0.4 is 11.1 Å². The molecule has 3 aliphatic carbocycles. The number of nitrogens with one attached hydrogen (secondary N) is 1. The second-order valence-electron chi connectivity index (χ2n) is 9.31. The number of benzene rings is 1. The van der Waals surface area contributed by atoms with Crippen LogP contribution in [0.3, 0.4) is 0 Å². The van der Waals surface area contributed by atoms with Gasteiger partial charge in [-0.05, 0) is 57.5 Å². The van der Waals surface area contributed by atoms with Gasteiger partial charge in [0.15, 0.2) is 34.7 Å². The summed E-state index contributed by atoms with van der Waals surface area (Å²) in [7, 11) is 3.10. The number of Topliss-reactive ketones (excluding diaryl/α,β-unsaturated/α-hetero) is 4. The smallest absolute Gasteiger partial charge is 0.235 e. The minimum absolute atomic E-state index is 0.0138. The molecule has 10 heteroatoms. The van der Waals surface area contributed by atoms with Gasteiger partial charge >= 0.3 is 0 Å². The molecule has 33 heavy (non-hydrogen) atoms. The number of carbonyl (C=O) groups is 5. The van der Waals surface area contributed by atoms with Crippen LogP contribution in [0.2, 0.25) is 0 Å². The zero-order valence-corrected chi connectivity index (χ0v) is 18.6. The van der Waals surface area contributed by atoms with Crippen molar-refractivity contribution < 1.29 is 34.2 Å². The van der Waals surface area contributed by atoms with Crippen molar-refractivity contribution in [3.05, 3.63) is 23.3 Å². The summed E-state index contributed by atoms with van der Waals surface area (Å²) in [5.74, 6) is -10.4. The first kappa shape index (κ1) is 23.1. The van der Waals surface area contributed by atoms with E-state index in [9.17, 15) is 34.2 Å². The molecule has 2 saturated carbocycles. The highest BCUT2D eigenvalue weighted by atomic mass is 16.3. The van der Waals surface area contributed by atoms with Gasteiger partial charge in [0.2, 0.25) is 5.91 Å². The number of aromatic hydroxyl groups is 1. The van der Waals surface area contributed by atoms with Gasteiger partial charge in [-0.2, -0.15) is 0 Å². The number of ketones is 4. The van der Waals surface area contributed by atoms with Crippen LogP contribution in [0.15, 0.2) is 12.1 Å². The van der Waals surface area contributed by atoms with E-state index in [2.05, 4.69) is 5.32 Å². The number of nitrogens with two attached hydrogens (primary N) is 1. The molecule has 0 spiro atoms. The monoisotopic (exact) mass is 457 g/mol. The Kier molecular flexibility index (Phi) is 5.41. The number of amides is 1. The lowest BCUT2D eigenvalue weighted by molar-refractivity contribution is -0.181. The fraction of sp³-hybridized carbons (Fsp3) is 0.522. The van der Waals surface area contributed by atoms with Crippen LogP contribution >= 0.6 is 0 Å². The molecule has 4 unspecified atom stereocenters. The third-order valence-corrected chi connectivity index (χ3v) is 7.31. The highest BCUT2D eigenvalue weighted by molar-refractivity contribution is 6.32. The zero-order chi connectivity index (χ0) is 24.4. The Bertz CT molecular complexity index is 1100. The molecule has 5 N–H and O–H groups in total. The molecule has 1 amide bonds. The summed E-state index contributed by atoms with van der Waals surface area (Å²) in [4.78, 5) is 66.7. The number of anilines is 1. The molecule has 0 saturated heterocycles. The molecule has 3 aliphatic rings. The Morgan fingerprint density at radius 2 is 1.88 bits per heavy atom. The van der Waals surface area contributed by atoms with Gasteiger partial charge in [-0.25, -0.2) is 0 Å². The van der Waals surface area contributed by atoms with Gasteiger partial charge in [0.1, 0.15) is 5.75 Å². The molecular formula is C23H27N3O7. The lowest BCUT2D eigenvalue weighted by atomic mass is 9.52. The SMILES string of the molecule is CCNc1ccc(O)c2c1CC1CC3[C@H](N(C)C)C(=O)C(C(N)=O)C(=O)[C@@]3(O)C(=O)C1C2=O. The first-order valence-corrected chi connectivity index (χ1v) is 10.9. The molecule has 1 aromatic carbocycles. The molecular weight excluding hydrogens is 430 g/mol. The van der Waals surface area contributed by atoms with E-state index in [0.717, 1.165) is 0 Å². The Morgan fingerprint density at radius 3 is 2.45 bits per heavy atom. The van der Waals surface area contributed by atoms with Crippen molar-refractivity contribution in [1.29, 1.82) is 0 Å². The summed E-state index contributed by atoms with van der Waals surface area (Å²) in [5, 5.41) is 25.0. The Hall–Kier alpha value is -3.11. The van der Waals surface area contributed by atoms with E-state index in [1.807, 2.05) is 6.92 Å². The highest BCUT2D eigenvalue weighted by Crippen LogP contribution is 2.51. The standard InChI is InChI=1S/C23H27N3O7/c1-4-25-12-5-6-13(27)15-10(12)7-9-8-11-17(26(2)3)19(29)16(22(24)32)21(31)23(11,33)20(30)14(9)18(15)28/h5-6,9,11,14,16-17,25,27,33H,4,7-8H2,1-3H3,(H2,24,32)/t9?,11?,14?,16?,17-,23-/m0/s1. The molecule has 1 aromatic rings. The summed E-state index contributed by atoms with van der Waals surface area (Å²) in [6.07, 6.45) is 0.272. The third-order valence-electron chi connectivity index (χ3n) is 7.31. The van der Waals surface area contributed by atoms with Gasteiger partial charge in [-0.3, -0.25) is 28.9 Å². The van der Waals surface area contributed by atoms with Gasteiger partial charge in [-0.15, -0.1) is 0 Å². The van der Waals surface area contributed by atoms with Crippen LogP contribution in [-0.4, -0.2) is 76.4 Å². The van der Waals surface area contributed by atoms with Gasteiger partial charge in [-0.1, -0.05) is 0 Å². The van der Waals surface area contributed by atoms with Gasteiger partial charge in [0, 0.05) is 18.2 Å². The second kappa shape index (κ2) is 7.74. The van der Waals surface area contributed by atoms with E-state index < -0.39 is 64.4 Å². The van der Waals surface area contributed by atoms with Crippen LogP contribution in [0.5, 0.6) is 5.75 Å². The van der Waals surface area contributed by atoms with E-state index in [1.54, 1.807) is 20.2 Å². The fourth-order valence-electron chi connectivity index (χ4n) is 5.96. The number of carbonyl (C=O) groups excluding carboxylic acids is 5. The number of hydrogen-bond acceptors (Lipinski definition) is 9. The van der Waals surface area contributed by atoms with E-state index >= 15 is 0 Å². The van der Waals surface area contributed by atoms with Gasteiger partial charge < -0.3 is 21.3 Å². The molecule has 10 nitrogen and oxygen atoms in total.